The Morgan fingerprint density at radius 3 is 2.44 bits per heavy atom. The molecule has 0 aromatic heterocycles. The van der Waals surface area contributed by atoms with E-state index in [1.54, 1.807) is 13.0 Å². The summed E-state index contributed by atoms with van der Waals surface area (Å²) in [6.45, 7) is 7.69. The minimum atomic E-state index is -0.284. The van der Waals surface area contributed by atoms with Gasteiger partial charge in [-0.15, -0.1) is 0 Å². The topological polar surface area (TPSA) is 29.1 Å². The third-order valence-electron chi connectivity index (χ3n) is 2.78. The largest absolute Gasteiger partial charge is 0.349 e. The van der Waals surface area contributed by atoms with Crippen molar-refractivity contribution >= 4 is 5.91 Å². The van der Waals surface area contributed by atoms with Gasteiger partial charge < -0.3 is 5.32 Å². The van der Waals surface area contributed by atoms with Crippen LogP contribution in [-0.4, -0.2) is 11.9 Å². The zero-order valence-electron chi connectivity index (χ0n) is 10.2. The fourth-order valence-electron chi connectivity index (χ4n) is 1.24. The van der Waals surface area contributed by atoms with Crippen molar-refractivity contribution in [2.75, 3.05) is 0 Å². The molecule has 1 rings (SSSR count). The molecule has 0 spiro atoms. The summed E-state index contributed by atoms with van der Waals surface area (Å²) < 4.78 is 13.0. The zero-order chi connectivity index (χ0) is 12.3. The smallest absolute Gasteiger partial charge is 0.251 e. The van der Waals surface area contributed by atoms with Gasteiger partial charge in [0, 0.05) is 11.6 Å². The van der Waals surface area contributed by atoms with E-state index in [1.807, 2.05) is 20.8 Å². The Kier molecular flexibility index (Phi) is 4.05. The summed E-state index contributed by atoms with van der Waals surface area (Å²) in [6, 6.07) is 4.50. The molecule has 0 radical (unpaired) electrons. The Morgan fingerprint density at radius 1 is 1.31 bits per heavy atom. The van der Waals surface area contributed by atoms with Gasteiger partial charge in [0.2, 0.25) is 0 Å². The van der Waals surface area contributed by atoms with Crippen LogP contribution in [0.15, 0.2) is 18.2 Å². The SMILES string of the molecule is Cc1cc(C(=O)NC(C)C(C)C)ccc1F. The van der Waals surface area contributed by atoms with Gasteiger partial charge in [-0.2, -0.15) is 0 Å². The molecule has 0 saturated heterocycles. The van der Waals surface area contributed by atoms with E-state index < -0.39 is 0 Å². The van der Waals surface area contributed by atoms with Crippen LogP contribution < -0.4 is 5.32 Å². The lowest BCUT2D eigenvalue weighted by molar-refractivity contribution is 0.0930. The predicted molar refractivity (Wildman–Crippen MR) is 62.9 cm³/mol. The number of rotatable bonds is 3. The first-order chi connectivity index (χ1) is 7.41. The number of aryl methyl sites for hydroxylation is 1. The summed E-state index contributed by atoms with van der Waals surface area (Å²) in [7, 11) is 0. The molecule has 0 bridgehead atoms. The zero-order valence-corrected chi connectivity index (χ0v) is 10.2. The lowest BCUT2D eigenvalue weighted by atomic mass is 10.1. The molecule has 2 nitrogen and oxygen atoms in total. The fourth-order valence-corrected chi connectivity index (χ4v) is 1.24. The molecular weight excluding hydrogens is 205 g/mol. The van der Waals surface area contributed by atoms with E-state index in [-0.39, 0.29) is 17.8 Å². The van der Waals surface area contributed by atoms with Gasteiger partial charge >= 0.3 is 0 Å². The third kappa shape index (κ3) is 3.05. The summed E-state index contributed by atoms with van der Waals surface area (Å²) in [6.07, 6.45) is 0. The van der Waals surface area contributed by atoms with Crippen LogP contribution >= 0.6 is 0 Å². The number of nitrogens with one attached hydrogen (secondary N) is 1. The number of carbonyl (C=O) groups is 1. The molecule has 3 heteroatoms. The first-order valence-electron chi connectivity index (χ1n) is 5.49. The summed E-state index contributed by atoms with van der Waals surface area (Å²) >= 11 is 0. The van der Waals surface area contributed by atoms with Gasteiger partial charge in [-0.25, -0.2) is 4.39 Å². The first-order valence-corrected chi connectivity index (χ1v) is 5.49. The van der Waals surface area contributed by atoms with Crippen LogP contribution in [0.3, 0.4) is 0 Å². The van der Waals surface area contributed by atoms with Gasteiger partial charge in [0.05, 0.1) is 0 Å². The van der Waals surface area contributed by atoms with Crippen molar-refractivity contribution in [1.82, 2.24) is 5.32 Å². The first kappa shape index (κ1) is 12.7. The third-order valence-corrected chi connectivity index (χ3v) is 2.78. The number of hydrogen-bond acceptors (Lipinski definition) is 1. The van der Waals surface area contributed by atoms with Crippen LogP contribution in [0, 0.1) is 18.7 Å². The molecule has 1 unspecified atom stereocenters. The quantitative estimate of drug-likeness (QED) is 0.838. The van der Waals surface area contributed by atoms with E-state index in [0.29, 0.717) is 17.0 Å². The molecule has 16 heavy (non-hydrogen) atoms. The van der Waals surface area contributed by atoms with Crippen LogP contribution in [-0.2, 0) is 0 Å². The molecular formula is C13H18FNO. The van der Waals surface area contributed by atoms with Gasteiger partial charge in [-0.1, -0.05) is 13.8 Å². The summed E-state index contributed by atoms with van der Waals surface area (Å²) in [5.74, 6) is -0.0525. The molecule has 0 aliphatic rings. The highest BCUT2D eigenvalue weighted by Gasteiger charge is 2.13. The Bertz CT molecular complexity index is 388. The van der Waals surface area contributed by atoms with Crippen LogP contribution in [0.1, 0.15) is 36.7 Å². The number of halogens is 1. The number of hydrogen-bond donors (Lipinski definition) is 1. The highest BCUT2D eigenvalue weighted by Crippen LogP contribution is 2.10. The maximum atomic E-state index is 13.0. The number of amides is 1. The number of benzene rings is 1. The van der Waals surface area contributed by atoms with Crippen molar-refractivity contribution in [2.24, 2.45) is 5.92 Å². The maximum Gasteiger partial charge on any atom is 0.251 e. The molecule has 0 saturated carbocycles. The summed E-state index contributed by atoms with van der Waals surface area (Å²) in [5, 5.41) is 2.88. The van der Waals surface area contributed by atoms with E-state index in [4.69, 9.17) is 0 Å². The van der Waals surface area contributed by atoms with Gasteiger partial charge in [0.25, 0.3) is 5.91 Å². The Hall–Kier alpha value is -1.38. The van der Waals surface area contributed by atoms with Crippen LogP contribution in [0.5, 0.6) is 0 Å². The van der Waals surface area contributed by atoms with E-state index in [2.05, 4.69) is 5.32 Å². The molecule has 1 atom stereocenters. The molecule has 0 aliphatic heterocycles. The molecule has 0 fully saturated rings. The fraction of sp³-hybridized carbons (Fsp3) is 0.462. The highest BCUT2D eigenvalue weighted by molar-refractivity contribution is 5.94. The molecule has 88 valence electrons. The maximum absolute atomic E-state index is 13.0. The Morgan fingerprint density at radius 2 is 1.94 bits per heavy atom. The van der Waals surface area contributed by atoms with E-state index >= 15 is 0 Å². The monoisotopic (exact) mass is 223 g/mol. The van der Waals surface area contributed by atoms with Crippen LogP contribution in [0.4, 0.5) is 4.39 Å². The van der Waals surface area contributed by atoms with Crippen molar-refractivity contribution < 1.29 is 9.18 Å². The molecule has 1 N–H and O–H groups in total. The van der Waals surface area contributed by atoms with E-state index in [9.17, 15) is 9.18 Å². The van der Waals surface area contributed by atoms with Crippen LogP contribution in [0.2, 0.25) is 0 Å². The van der Waals surface area contributed by atoms with Crippen molar-refractivity contribution in [3.8, 4) is 0 Å². The second-order valence-electron chi connectivity index (χ2n) is 4.47. The summed E-state index contributed by atoms with van der Waals surface area (Å²) in [5.41, 5.74) is 0.997. The highest BCUT2D eigenvalue weighted by atomic mass is 19.1. The van der Waals surface area contributed by atoms with Crippen LogP contribution in [0.25, 0.3) is 0 Å². The van der Waals surface area contributed by atoms with E-state index in [0.717, 1.165) is 0 Å². The predicted octanol–water partition coefficient (Wildman–Crippen LogP) is 2.91. The minimum Gasteiger partial charge on any atom is -0.349 e. The molecule has 1 aromatic carbocycles. The molecule has 0 heterocycles. The van der Waals surface area contributed by atoms with Crippen molar-refractivity contribution in [3.63, 3.8) is 0 Å². The standard InChI is InChI=1S/C13H18FNO/c1-8(2)10(4)15-13(16)11-5-6-12(14)9(3)7-11/h5-8,10H,1-4H3,(H,15,16). The second-order valence-corrected chi connectivity index (χ2v) is 4.47. The average Bonchev–Trinajstić information content (AvgIpc) is 2.21. The van der Waals surface area contributed by atoms with Crippen molar-refractivity contribution in [3.05, 3.63) is 35.1 Å². The van der Waals surface area contributed by atoms with Gasteiger partial charge in [-0.3, -0.25) is 4.79 Å². The lowest BCUT2D eigenvalue weighted by Crippen LogP contribution is -2.36. The molecule has 1 aromatic rings. The molecule has 0 aliphatic carbocycles. The van der Waals surface area contributed by atoms with Gasteiger partial charge in [-0.05, 0) is 43.5 Å². The second kappa shape index (κ2) is 5.10. The number of carbonyl (C=O) groups excluding carboxylic acids is 1. The average molecular weight is 223 g/mol. The Balaban J connectivity index is 2.77. The van der Waals surface area contributed by atoms with E-state index in [1.165, 1.54) is 12.1 Å². The van der Waals surface area contributed by atoms with Crippen molar-refractivity contribution in [2.45, 2.75) is 33.7 Å². The summed E-state index contributed by atoms with van der Waals surface area (Å²) in [4.78, 5) is 11.8. The van der Waals surface area contributed by atoms with Gasteiger partial charge in [0.1, 0.15) is 5.82 Å². The Labute approximate surface area is 95.9 Å². The van der Waals surface area contributed by atoms with Gasteiger partial charge in [0.15, 0.2) is 0 Å². The normalized spacial score (nSPS) is 12.6. The molecule has 1 amide bonds. The minimum absolute atomic E-state index is 0.109. The lowest BCUT2D eigenvalue weighted by Gasteiger charge is -2.17. The van der Waals surface area contributed by atoms with Crippen molar-refractivity contribution in [1.29, 1.82) is 0 Å².